The number of benzene rings is 2. The van der Waals surface area contributed by atoms with Crippen LogP contribution in [0.2, 0.25) is 0 Å². The normalized spacial score (nSPS) is 13.9. The fourth-order valence-electron chi connectivity index (χ4n) is 3.88. The molecule has 1 saturated heterocycles. The van der Waals surface area contributed by atoms with Crippen molar-refractivity contribution in [2.75, 3.05) is 31.1 Å². The van der Waals surface area contributed by atoms with E-state index < -0.39 is 0 Å². The molecule has 7 nitrogen and oxygen atoms in total. The SMILES string of the molecule is Cc1nc(-c2ccc(N3CCN(C(=O)c4ccc(-c5ccccc5)cc4)CC3)nc2)no1. The Hall–Kier alpha value is -4.00. The predicted molar refractivity (Wildman–Crippen MR) is 122 cm³/mol. The molecule has 2 aromatic carbocycles. The Balaban J connectivity index is 1.20. The number of carbonyl (C=O) groups excluding carboxylic acids is 1. The van der Waals surface area contributed by atoms with E-state index in [1.807, 2.05) is 59.5 Å². The van der Waals surface area contributed by atoms with E-state index in [0.717, 1.165) is 41.2 Å². The molecular formula is C25H23N5O2. The van der Waals surface area contributed by atoms with Gasteiger partial charge in [-0.25, -0.2) is 4.98 Å². The first-order valence-corrected chi connectivity index (χ1v) is 10.6. The number of piperazine rings is 1. The van der Waals surface area contributed by atoms with Gasteiger partial charge in [-0.05, 0) is 35.4 Å². The minimum atomic E-state index is 0.0695. The van der Waals surface area contributed by atoms with E-state index in [9.17, 15) is 4.79 Å². The first kappa shape index (κ1) is 19.9. The average Bonchev–Trinajstić information content (AvgIpc) is 3.31. The highest BCUT2D eigenvalue weighted by Gasteiger charge is 2.23. The summed E-state index contributed by atoms with van der Waals surface area (Å²) >= 11 is 0. The molecular weight excluding hydrogens is 402 g/mol. The van der Waals surface area contributed by atoms with Crippen molar-refractivity contribution in [3.63, 3.8) is 0 Å². The van der Waals surface area contributed by atoms with Crippen molar-refractivity contribution in [2.24, 2.45) is 0 Å². The highest BCUT2D eigenvalue weighted by molar-refractivity contribution is 5.95. The number of nitrogens with zero attached hydrogens (tertiary/aromatic N) is 5. The predicted octanol–water partition coefficient (Wildman–Crippen LogP) is 4.07. The van der Waals surface area contributed by atoms with Crippen molar-refractivity contribution < 1.29 is 9.32 Å². The smallest absolute Gasteiger partial charge is 0.253 e. The molecule has 32 heavy (non-hydrogen) atoms. The summed E-state index contributed by atoms with van der Waals surface area (Å²) in [4.78, 5) is 25.8. The van der Waals surface area contributed by atoms with Crippen molar-refractivity contribution in [3.05, 3.63) is 84.4 Å². The van der Waals surface area contributed by atoms with Gasteiger partial charge >= 0.3 is 0 Å². The molecule has 4 aromatic rings. The molecule has 0 bridgehead atoms. The summed E-state index contributed by atoms with van der Waals surface area (Å²) in [6.45, 7) is 4.55. The van der Waals surface area contributed by atoms with E-state index in [0.29, 0.717) is 24.8 Å². The van der Waals surface area contributed by atoms with Gasteiger partial charge in [0.15, 0.2) is 0 Å². The number of anilines is 1. The van der Waals surface area contributed by atoms with E-state index in [1.54, 1.807) is 13.1 Å². The van der Waals surface area contributed by atoms with Crippen LogP contribution in [0.1, 0.15) is 16.2 Å². The van der Waals surface area contributed by atoms with Gasteiger partial charge in [-0.15, -0.1) is 0 Å². The molecule has 1 aliphatic heterocycles. The minimum Gasteiger partial charge on any atom is -0.353 e. The summed E-state index contributed by atoms with van der Waals surface area (Å²) in [5.74, 6) is 2.02. The van der Waals surface area contributed by atoms with Crippen molar-refractivity contribution in [1.29, 1.82) is 0 Å². The maximum absolute atomic E-state index is 13.0. The number of aromatic nitrogens is 3. The zero-order chi connectivity index (χ0) is 21.9. The Labute approximate surface area is 186 Å². The molecule has 1 amide bonds. The number of pyridine rings is 1. The molecule has 7 heteroatoms. The second-order valence-electron chi connectivity index (χ2n) is 7.76. The van der Waals surface area contributed by atoms with Gasteiger partial charge in [0, 0.05) is 50.4 Å². The molecule has 0 saturated carbocycles. The molecule has 2 aromatic heterocycles. The van der Waals surface area contributed by atoms with Crippen LogP contribution in [0.15, 0.2) is 77.4 Å². The van der Waals surface area contributed by atoms with Gasteiger partial charge in [0.1, 0.15) is 5.82 Å². The van der Waals surface area contributed by atoms with Crippen molar-refractivity contribution >= 4 is 11.7 Å². The van der Waals surface area contributed by atoms with Crippen LogP contribution in [-0.2, 0) is 0 Å². The summed E-state index contributed by atoms with van der Waals surface area (Å²) in [6, 6.07) is 21.9. The van der Waals surface area contributed by atoms with Gasteiger partial charge in [-0.1, -0.05) is 47.6 Å². The van der Waals surface area contributed by atoms with Gasteiger partial charge in [0.2, 0.25) is 11.7 Å². The fourth-order valence-corrected chi connectivity index (χ4v) is 3.88. The van der Waals surface area contributed by atoms with Gasteiger partial charge in [0.25, 0.3) is 5.91 Å². The van der Waals surface area contributed by atoms with Gasteiger partial charge in [-0.3, -0.25) is 4.79 Å². The largest absolute Gasteiger partial charge is 0.353 e. The zero-order valence-corrected chi connectivity index (χ0v) is 17.8. The zero-order valence-electron chi connectivity index (χ0n) is 17.8. The van der Waals surface area contributed by atoms with Crippen LogP contribution in [-0.4, -0.2) is 52.1 Å². The minimum absolute atomic E-state index is 0.0695. The number of hydrogen-bond donors (Lipinski definition) is 0. The summed E-state index contributed by atoms with van der Waals surface area (Å²) in [7, 11) is 0. The maximum atomic E-state index is 13.0. The van der Waals surface area contributed by atoms with Crippen LogP contribution >= 0.6 is 0 Å². The third kappa shape index (κ3) is 4.09. The van der Waals surface area contributed by atoms with Crippen LogP contribution < -0.4 is 4.90 Å². The van der Waals surface area contributed by atoms with Gasteiger partial charge < -0.3 is 14.3 Å². The third-order valence-corrected chi connectivity index (χ3v) is 5.66. The molecule has 0 radical (unpaired) electrons. The lowest BCUT2D eigenvalue weighted by atomic mass is 10.0. The summed E-state index contributed by atoms with van der Waals surface area (Å²) < 4.78 is 5.03. The standard InChI is InChI=1S/C25H23N5O2/c1-18-27-24(28-32-18)22-11-12-23(26-17-22)29-13-15-30(16-14-29)25(31)21-9-7-20(8-10-21)19-5-3-2-4-6-19/h2-12,17H,13-16H2,1H3. The Bertz CT molecular complexity index is 1200. The molecule has 0 aliphatic carbocycles. The molecule has 160 valence electrons. The van der Waals surface area contributed by atoms with E-state index in [-0.39, 0.29) is 5.91 Å². The monoisotopic (exact) mass is 425 g/mol. The first-order valence-electron chi connectivity index (χ1n) is 10.6. The van der Waals surface area contributed by atoms with Crippen LogP contribution in [0, 0.1) is 6.92 Å². The number of aryl methyl sites for hydroxylation is 1. The maximum Gasteiger partial charge on any atom is 0.253 e. The van der Waals surface area contributed by atoms with Crippen molar-refractivity contribution in [1.82, 2.24) is 20.0 Å². The molecule has 3 heterocycles. The Morgan fingerprint density at radius 2 is 1.53 bits per heavy atom. The van der Waals surface area contributed by atoms with Gasteiger partial charge in [0.05, 0.1) is 0 Å². The molecule has 0 N–H and O–H groups in total. The molecule has 0 unspecified atom stereocenters. The summed E-state index contributed by atoms with van der Waals surface area (Å²) in [5, 5.41) is 3.93. The molecule has 1 fully saturated rings. The summed E-state index contributed by atoms with van der Waals surface area (Å²) in [6.07, 6.45) is 1.76. The Kier molecular flexibility index (Phi) is 5.37. The number of carbonyl (C=O) groups is 1. The van der Waals surface area contributed by atoms with Gasteiger partial charge in [-0.2, -0.15) is 4.98 Å². The second-order valence-corrected chi connectivity index (χ2v) is 7.76. The van der Waals surface area contributed by atoms with Crippen LogP contribution in [0.4, 0.5) is 5.82 Å². The van der Waals surface area contributed by atoms with Crippen LogP contribution in [0.25, 0.3) is 22.5 Å². The highest BCUT2D eigenvalue weighted by atomic mass is 16.5. The lowest BCUT2D eigenvalue weighted by molar-refractivity contribution is 0.0746. The highest BCUT2D eigenvalue weighted by Crippen LogP contribution is 2.22. The fraction of sp³-hybridized carbons (Fsp3) is 0.200. The van der Waals surface area contributed by atoms with E-state index >= 15 is 0 Å². The van der Waals surface area contributed by atoms with E-state index in [2.05, 4.69) is 32.2 Å². The second kappa shape index (κ2) is 8.63. The van der Waals surface area contributed by atoms with Crippen molar-refractivity contribution in [2.45, 2.75) is 6.92 Å². The third-order valence-electron chi connectivity index (χ3n) is 5.66. The van der Waals surface area contributed by atoms with E-state index in [1.165, 1.54) is 0 Å². The topological polar surface area (TPSA) is 75.4 Å². The number of hydrogen-bond acceptors (Lipinski definition) is 6. The molecule has 0 atom stereocenters. The summed E-state index contributed by atoms with van der Waals surface area (Å²) in [5.41, 5.74) is 3.79. The lowest BCUT2D eigenvalue weighted by Gasteiger charge is -2.35. The van der Waals surface area contributed by atoms with Crippen molar-refractivity contribution in [3.8, 4) is 22.5 Å². The number of rotatable bonds is 4. The average molecular weight is 425 g/mol. The number of amides is 1. The first-order chi connectivity index (χ1) is 15.7. The Morgan fingerprint density at radius 1 is 0.844 bits per heavy atom. The lowest BCUT2D eigenvalue weighted by Crippen LogP contribution is -2.49. The molecule has 5 rings (SSSR count). The molecule has 1 aliphatic rings. The quantitative estimate of drug-likeness (QED) is 0.491. The van der Waals surface area contributed by atoms with Crippen LogP contribution in [0.5, 0.6) is 0 Å². The molecule has 0 spiro atoms. The Morgan fingerprint density at radius 3 is 2.16 bits per heavy atom. The van der Waals surface area contributed by atoms with E-state index in [4.69, 9.17) is 4.52 Å². The van der Waals surface area contributed by atoms with Crippen LogP contribution in [0.3, 0.4) is 0 Å².